The summed E-state index contributed by atoms with van der Waals surface area (Å²) < 4.78 is 18.7. The molecule has 0 rings (SSSR count). The summed E-state index contributed by atoms with van der Waals surface area (Å²) in [4.78, 5) is 20.9. The van der Waals surface area contributed by atoms with Gasteiger partial charge in [-0.05, 0) is 6.92 Å². The van der Waals surface area contributed by atoms with Gasteiger partial charge in [0, 0.05) is 0 Å². The first-order valence-electron chi connectivity index (χ1n) is 3.29. The molecule has 0 aromatic rings. The van der Waals surface area contributed by atoms with Crippen LogP contribution in [0.15, 0.2) is 0 Å². The largest absolute Gasteiger partial charge is 1.00 e. The van der Waals surface area contributed by atoms with E-state index >= 15 is 0 Å². The number of ketones is 1. The number of aliphatic hydroxyl groups is 2. The van der Waals surface area contributed by atoms with Crippen LogP contribution in [-0.2, 0) is 18.4 Å². The average Bonchev–Trinajstić information content (AvgIpc) is 1.98. The first-order chi connectivity index (χ1) is 5.83. The summed E-state index contributed by atoms with van der Waals surface area (Å²) in [6, 6.07) is 0. The molecule has 0 aliphatic carbocycles. The average molecular weight is 236 g/mol. The fourth-order valence-corrected chi connectivity index (χ4v) is 1.10. The maximum Gasteiger partial charge on any atom is 1.00 e. The van der Waals surface area contributed by atoms with Crippen LogP contribution in [0.5, 0.6) is 0 Å². The van der Waals surface area contributed by atoms with Crippen LogP contribution in [0.1, 0.15) is 6.92 Å². The number of carbonyl (C=O) groups is 1. The van der Waals surface area contributed by atoms with E-state index in [2.05, 4.69) is 9.05 Å². The van der Waals surface area contributed by atoms with Crippen molar-refractivity contribution < 1.29 is 63.1 Å². The van der Waals surface area contributed by atoms with E-state index in [0.717, 1.165) is 6.92 Å². The summed E-state index contributed by atoms with van der Waals surface area (Å²) in [5.74, 6) is -0.482. The molecule has 1 atom stereocenters. The number of hydrogen-bond acceptors (Lipinski definition) is 7. The van der Waals surface area contributed by atoms with Gasteiger partial charge in [-0.1, -0.05) is 0 Å². The molecule has 0 aromatic heterocycles. The molecule has 7 nitrogen and oxygen atoms in total. The second kappa shape index (κ2) is 7.92. The maximum atomic E-state index is 10.6. The number of Topliss-reactive ketones (excluding diaryl/α,β-unsaturated/α-hetero) is 1. The minimum absolute atomic E-state index is 0. The molecule has 0 amide bonds. The van der Waals surface area contributed by atoms with Crippen molar-refractivity contribution >= 4 is 13.6 Å². The zero-order valence-electron chi connectivity index (χ0n) is 7.87. The van der Waals surface area contributed by atoms with Crippen molar-refractivity contribution in [1.29, 1.82) is 0 Å². The van der Waals surface area contributed by atoms with Crippen molar-refractivity contribution in [3.8, 4) is 0 Å². The van der Waals surface area contributed by atoms with E-state index < -0.39 is 33.1 Å². The van der Waals surface area contributed by atoms with Gasteiger partial charge in [-0.2, -0.15) is 0 Å². The van der Waals surface area contributed by atoms with Crippen molar-refractivity contribution in [2.24, 2.45) is 0 Å². The SMILES string of the molecule is CC(=O)COP(=O)([O-])OCC(O)O.[Na+]. The Labute approximate surface area is 103 Å². The van der Waals surface area contributed by atoms with Crippen molar-refractivity contribution in [1.82, 2.24) is 0 Å². The van der Waals surface area contributed by atoms with E-state index in [4.69, 9.17) is 10.2 Å². The Hall–Kier alpha value is 0.700. The molecule has 14 heavy (non-hydrogen) atoms. The number of aliphatic hydroxyl groups excluding tert-OH is 1. The Morgan fingerprint density at radius 2 is 2.00 bits per heavy atom. The Bertz CT molecular complexity index is 218. The molecule has 0 saturated carbocycles. The monoisotopic (exact) mass is 236 g/mol. The summed E-state index contributed by atoms with van der Waals surface area (Å²) >= 11 is 0. The number of carbonyl (C=O) groups excluding carboxylic acids is 1. The Morgan fingerprint density at radius 1 is 1.50 bits per heavy atom. The van der Waals surface area contributed by atoms with Gasteiger partial charge in [-0.15, -0.1) is 0 Å². The van der Waals surface area contributed by atoms with Crippen LogP contribution in [0.4, 0.5) is 0 Å². The van der Waals surface area contributed by atoms with Gasteiger partial charge in [0.1, 0.15) is 13.2 Å². The zero-order chi connectivity index (χ0) is 10.5. The minimum atomic E-state index is -4.59. The second-order valence-corrected chi connectivity index (χ2v) is 3.61. The van der Waals surface area contributed by atoms with Crippen LogP contribution in [-0.4, -0.2) is 35.5 Å². The number of hydrogen-bond donors (Lipinski definition) is 2. The van der Waals surface area contributed by atoms with E-state index in [1.807, 2.05) is 0 Å². The minimum Gasteiger partial charge on any atom is -0.756 e. The molecule has 0 heterocycles. The van der Waals surface area contributed by atoms with Crippen molar-refractivity contribution in [2.75, 3.05) is 13.2 Å². The van der Waals surface area contributed by atoms with Crippen molar-refractivity contribution in [3.63, 3.8) is 0 Å². The summed E-state index contributed by atoms with van der Waals surface area (Å²) in [5.41, 5.74) is 0. The second-order valence-electron chi connectivity index (χ2n) is 2.20. The van der Waals surface area contributed by atoms with E-state index in [-0.39, 0.29) is 29.6 Å². The van der Waals surface area contributed by atoms with Gasteiger partial charge in [0.25, 0.3) is 7.82 Å². The molecule has 0 spiro atoms. The van der Waals surface area contributed by atoms with Gasteiger partial charge in [-0.3, -0.25) is 9.36 Å². The van der Waals surface area contributed by atoms with Gasteiger partial charge in [0.05, 0.1) is 0 Å². The van der Waals surface area contributed by atoms with Crippen LogP contribution in [0.3, 0.4) is 0 Å². The van der Waals surface area contributed by atoms with Crippen molar-refractivity contribution in [2.45, 2.75) is 13.2 Å². The molecule has 0 bridgehead atoms. The summed E-state index contributed by atoms with van der Waals surface area (Å²) in [7, 11) is -4.59. The first-order valence-corrected chi connectivity index (χ1v) is 4.75. The number of phosphoric ester groups is 1. The third-order valence-corrected chi connectivity index (χ3v) is 1.72. The van der Waals surface area contributed by atoms with Crippen LogP contribution in [0.25, 0.3) is 0 Å². The van der Waals surface area contributed by atoms with Gasteiger partial charge in [0.2, 0.25) is 0 Å². The van der Waals surface area contributed by atoms with Crippen LogP contribution in [0.2, 0.25) is 0 Å². The van der Waals surface area contributed by atoms with Gasteiger partial charge < -0.3 is 24.2 Å². The maximum absolute atomic E-state index is 10.6. The molecule has 9 heteroatoms. The molecular formula is C5H10NaO7P. The van der Waals surface area contributed by atoms with E-state index in [1.165, 1.54) is 0 Å². The van der Waals surface area contributed by atoms with E-state index in [1.54, 1.807) is 0 Å². The molecule has 1 unspecified atom stereocenters. The van der Waals surface area contributed by atoms with Gasteiger partial charge >= 0.3 is 29.6 Å². The standard InChI is InChI=1S/C5H11O7P.Na/c1-4(6)2-11-13(9,10)12-3-5(7)8;/h5,7-8H,2-3H2,1H3,(H,9,10);/q;+1/p-1. The van der Waals surface area contributed by atoms with Gasteiger partial charge in [-0.25, -0.2) is 0 Å². The van der Waals surface area contributed by atoms with Crippen LogP contribution in [0, 0.1) is 0 Å². The summed E-state index contributed by atoms with van der Waals surface area (Å²) in [6.07, 6.45) is -1.90. The fraction of sp³-hybridized carbons (Fsp3) is 0.800. The molecular weight excluding hydrogens is 226 g/mol. The fourth-order valence-electron chi connectivity index (χ4n) is 0.365. The quantitative estimate of drug-likeness (QED) is 0.271. The molecule has 0 radical (unpaired) electrons. The Kier molecular flexibility index (Phi) is 9.68. The summed E-state index contributed by atoms with van der Waals surface area (Å²) in [6.45, 7) is -0.304. The first kappa shape index (κ1) is 17.1. The molecule has 2 N–H and O–H groups in total. The van der Waals surface area contributed by atoms with Crippen LogP contribution < -0.4 is 34.5 Å². The molecule has 0 aliphatic rings. The predicted octanol–water partition coefficient (Wildman–Crippen LogP) is -4.61. The molecule has 0 saturated heterocycles. The van der Waals surface area contributed by atoms with E-state index in [0.29, 0.717) is 0 Å². The number of rotatable bonds is 6. The zero-order valence-corrected chi connectivity index (χ0v) is 10.8. The molecule has 0 aliphatic heterocycles. The molecule has 0 aromatic carbocycles. The third kappa shape index (κ3) is 10.8. The van der Waals surface area contributed by atoms with Crippen LogP contribution >= 0.6 is 7.82 Å². The molecule has 78 valence electrons. The third-order valence-electron chi connectivity index (χ3n) is 0.808. The van der Waals surface area contributed by atoms with E-state index in [9.17, 15) is 14.3 Å². The topological polar surface area (TPSA) is 116 Å². The number of phosphoric acid groups is 1. The summed E-state index contributed by atoms with van der Waals surface area (Å²) in [5, 5.41) is 16.5. The smallest absolute Gasteiger partial charge is 0.756 e. The normalized spacial score (nSPS) is 14.6. The Balaban J connectivity index is 0. The predicted molar refractivity (Wildman–Crippen MR) is 38.4 cm³/mol. The van der Waals surface area contributed by atoms with Crippen molar-refractivity contribution in [3.05, 3.63) is 0 Å². The van der Waals surface area contributed by atoms with Gasteiger partial charge in [0.15, 0.2) is 12.1 Å². The molecule has 0 fully saturated rings. The Morgan fingerprint density at radius 3 is 2.36 bits per heavy atom.